The predicted octanol–water partition coefficient (Wildman–Crippen LogP) is 3.28. The monoisotopic (exact) mass is 359 g/mol. The third-order valence-electron chi connectivity index (χ3n) is 3.69. The molecule has 0 aromatic heterocycles. The highest BCUT2D eigenvalue weighted by molar-refractivity contribution is 7.64. The van der Waals surface area contributed by atoms with Gasteiger partial charge in [0.05, 0.1) is 33.0 Å². The van der Waals surface area contributed by atoms with Crippen LogP contribution in [0, 0.1) is 20.8 Å². The van der Waals surface area contributed by atoms with Crippen LogP contribution in [0.15, 0.2) is 12.1 Å². The lowest BCUT2D eigenvalue weighted by atomic mass is 10.0. The maximum absolute atomic E-state index is 10.6. The quantitative estimate of drug-likeness (QED) is 0.458. The fourth-order valence-corrected chi connectivity index (χ4v) is 4.20. The van der Waals surface area contributed by atoms with Gasteiger partial charge in [-0.25, -0.2) is 9.42 Å². The standard InChI is InChI=1S/C18H32O5P/c1-15-12-16(2)18(17(3)13-15)14-24(5,19)23-11-10-22-9-8-21-7-6-20-4/h12-13,19H,6-11,14H2,1-5H3/q+1. The van der Waals surface area contributed by atoms with Gasteiger partial charge in [-0.2, -0.15) is 0 Å². The largest absolute Gasteiger partial charge is 0.382 e. The van der Waals surface area contributed by atoms with Crippen LogP contribution in [0.25, 0.3) is 0 Å². The molecule has 0 fully saturated rings. The molecule has 0 saturated heterocycles. The van der Waals surface area contributed by atoms with Crippen molar-refractivity contribution in [2.45, 2.75) is 26.9 Å². The third-order valence-corrected chi connectivity index (χ3v) is 5.33. The first-order chi connectivity index (χ1) is 11.4. The highest BCUT2D eigenvalue weighted by Gasteiger charge is 2.32. The van der Waals surface area contributed by atoms with E-state index >= 15 is 0 Å². The van der Waals surface area contributed by atoms with Crippen molar-refractivity contribution in [1.82, 2.24) is 0 Å². The van der Waals surface area contributed by atoms with Gasteiger partial charge in [-0.3, -0.25) is 0 Å². The molecule has 0 aliphatic heterocycles. The molecule has 1 aromatic carbocycles. The number of benzene rings is 1. The summed E-state index contributed by atoms with van der Waals surface area (Å²) in [5.74, 6) is 0. The van der Waals surface area contributed by atoms with Crippen LogP contribution >= 0.6 is 7.72 Å². The lowest BCUT2D eigenvalue weighted by molar-refractivity contribution is 0.0177. The smallest absolute Gasteiger partial charge is 0.273 e. The van der Waals surface area contributed by atoms with Crippen molar-refractivity contribution in [2.24, 2.45) is 0 Å². The second-order valence-corrected chi connectivity index (χ2v) is 8.81. The summed E-state index contributed by atoms with van der Waals surface area (Å²) < 4.78 is 21.3. The molecule has 6 heteroatoms. The summed E-state index contributed by atoms with van der Waals surface area (Å²) in [6.45, 7) is 11.1. The Morgan fingerprint density at radius 1 is 0.875 bits per heavy atom. The minimum absolute atomic E-state index is 0.392. The third kappa shape index (κ3) is 8.52. The summed E-state index contributed by atoms with van der Waals surface area (Å²) in [6.07, 6.45) is 0.574. The maximum atomic E-state index is 10.6. The zero-order valence-corrected chi connectivity index (χ0v) is 16.5. The van der Waals surface area contributed by atoms with E-state index in [1.165, 1.54) is 22.3 Å². The highest BCUT2D eigenvalue weighted by Crippen LogP contribution is 2.55. The fourth-order valence-electron chi connectivity index (χ4n) is 2.56. The van der Waals surface area contributed by atoms with E-state index in [9.17, 15) is 4.89 Å². The Morgan fingerprint density at radius 2 is 1.38 bits per heavy atom. The normalized spacial score (nSPS) is 13.9. The van der Waals surface area contributed by atoms with E-state index in [1.54, 1.807) is 13.8 Å². The number of aryl methyl sites for hydroxylation is 3. The van der Waals surface area contributed by atoms with Crippen molar-refractivity contribution in [2.75, 3.05) is 53.4 Å². The summed E-state index contributed by atoms with van der Waals surface area (Å²) in [4.78, 5) is 10.6. The van der Waals surface area contributed by atoms with Crippen LogP contribution in [0.3, 0.4) is 0 Å². The second-order valence-electron chi connectivity index (χ2n) is 6.14. The number of ether oxygens (including phenoxy) is 3. The summed E-state index contributed by atoms with van der Waals surface area (Å²) in [7, 11) is -0.787. The molecule has 1 rings (SSSR count). The molecule has 0 radical (unpaired) electrons. The average Bonchev–Trinajstić information content (AvgIpc) is 2.49. The Morgan fingerprint density at radius 3 is 1.92 bits per heavy atom. The Balaban J connectivity index is 2.27. The van der Waals surface area contributed by atoms with E-state index in [0.29, 0.717) is 45.8 Å². The van der Waals surface area contributed by atoms with Crippen LogP contribution in [0.5, 0.6) is 0 Å². The second kappa shape index (κ2) is 11.1. The first kappa shape index (κ1) is 21.5. The van der Waals surface area contributed by atoms with Crippen LogP contribution in [-0.4, -0.2) is 58.3 Å². The van der Waals surface area contributed by atoms with Gasteiger partial charge in [0.1, 0.15) is 19.4 Å². The van der Waals surface area contributed by atoms with E-state index in [1.807, 2.05) is 0 Å². The molecule has 1 aromatic rings. The topological polar surface area (TPSA) is 57.2 Å². The van der Waals surface area contributed by atoms with Gasteiger partial charge in [-0.1, -0.05) is 17.7 Å². The van der Waals surface area contributed by atoms with E-state index in [4.69, 9.17) is 18.7 Å². The Labute approximate surface area is 146 Å². The molecule has 0 saturated carbocycles. The van der Waals surface area contributed by atoms with E-state index in [0.717, 1.165) is 0 Å². The molecular formula is C18H32O5P+. The SMILES string of the molecule is COCCOCCOCCO[P+](C)(O)Cc1c(C)cc(C)cc1C. The molecule has 0 bridgehead atoms. The van der Waals surface area contributed by atoms with Crippen LogP contribution in [0.2, 0.25) is 0 Å². The summed E-state index contributed by atoms with van der Waals surface area (Å²) in [5.41, 5.74) is 4.85. The zero-order chi connectivity index (χ0) is 18.0. The zero-order valence-electron chi connectivity index (χ0n) is 15.6. The van der Waals surface area contributed by atoms with Gasteiger partial charge in [-0.05, 0) is 31.9 Å². The minimum Gasteiger partial charge on any atom is -0.382 e. The predicted molar refractivity (Wildman–Crippen MR) is 98.9 cm³/mol. The van der Waals surface area contributed by atoms with Gasteiger partial charge in [0.2, 0.25) is 0 Å². The van der Waals surface area contributed by atoms with Crippen LogP contribution in [0.4, 0.5) is 0 Å². The lowest BCUT2D eigenvalue weighted by Crippen LogP contribution is -2.12. The highest BCUT2D eigenvalue weighted by atomic mass is 31.2. The minimum atomic E-state index is -2.43. The summed E-state index contributed by atoms with van der Waals surface area (Å²) >= 11 is 0. The molecule has 1 atom stereocenters. The van der Waals surface area contributed by atoms with Crippen molar-refractivity contribution in [3.05, 3.63) is 34.4 Å². The van der Waals surface area contributed by atoms with Gasteiger partial charge >= 0.3 is 0 Å². The van der Waals surface area contributed by atoms with E-state index < -0.39 is 7.72 Å². The first-order valence-electron chi connectivity index (χ1n) is 8.29. The maximum Gasteiger partial charge on any atom is 0.273 e. The molecule has 0 heterocycles. The number of hydrogen-bond acceptors (Lipinski definition) is 5. The Bertz CT molecular complexity index is 467. The van der Waals surface area contributed by atoms with Crippen molar-refractivity contribution in [1.29, 1.82) is 0 Å². The molecule has 0 amide bonds. The molecule has 1 N–H and O–H groups in total. The van der Waals surface area contributed by atoms with Crippen molar-refractivity contribution in [3.8, 4) is 0 Å². The molecular weight excluding hydrogens is 327 g/mol. The van der Waals surface area contributed by atoms with Crippen LogP contribution in [0.1, 0.15) is 22.3 Å². The van der Waals surface area contributed by atoms with Gasteiger partial charge in [0.25, 0.3) is 7.72 Å². The number of methoxy groups -OCH3 is 1. The molecule has 0 aliphatic carbocycles. The molecule has 0 aliphatic rings. The molecule has 5 nitrogen and oxygen atoms in total. The van der Waals surface area contributed by atoms with Gasteiger partial charge in [0.15, 0.2) is 0 Å². The number of hydrogen-bond donors (Lipinski definition) is 1. The van der Waals surface area contributed by atoms with Crippen molar-refractivity contribution < 1.29 is 23.6 Å². The van der Waals surface area contributed by atoms with Gasteiger partial charge < -0.3 is 14.2 Å². The molecule has 138 valence electrons. The van der Waals surface area contributed by atoms with E-state index in [2.05, 4.69) is 32.9 Å². The first-order valence-corrected chi connectivity index (χ1v) is 10.6. The Hall–Kier alpha value is -0.550. The van der Waals surface area contributed by atoms with E-state index in [-0.39, 0.29) is 0 Å². The van der Waals surface area contributed by atoms with Crippen molar-refractivity contribution in [3.63, 3.8) is 0 Å². The lowest BCUT2D eigenvalue weighted by Gasteiger charge is -2.17. The molecule has 0 spiro atoms. The summed E-state index contributed by atoms with van der Waals surface area (Å²) in [6, 6.07) is 4.30. The molecule has 24 heavy (non-hydrogen) atoms. The van der Waals surface area contributed by atoms with Gasteiger partial charge in [0, 0.05) is 12.7 Å². The van der Waals surface area contributed by atoms with Crippen molar-refractivity contribution >= 4 is 7.72 Å². The fraction of sp³-hybridized carbons (Fsp3) is 0.667. The van der Waals surface area contributed by atoms with Crippen LogP contribution in [-0.2, 0) is 24.9 Å². The molecule has 1 unspecified atom stereocenters. The van der Waals surface area contributed by atoms with Gasteiger partial charge in [-0.15, -0.1) is 0 Å². The number of rotatable bonds is 12. The Kier molecular flexibility index (Phi) is 9.98. The van der Waals surface area contributed by atoms with Crippen LogP contribution < -0.4 is 0 Å². The summed E-state index contributed by atoms with van der Waals surface area (Å²) in [5, 5.41) is 0. The average molecular weight is 359 g/mol.